The summed E-state index contributed by atoms with van der Waals surface area (Å²) >= 11 is 0. The molecule has 2 aromatic carbocycles. The summed E-state index contributed by atoms with van der Waals surface area (Å²) in [5.74, 6) is -2.59. The SMILES string of the molecule is [CH2]C(=O)c1cc(-c2ccc(NC(=O)Nc3cc(C(F)(F)F)ccc3F)c(F)c2)c2c(N)ncnn12. The molecule has 179 valence electrons. The number of ketones is 1. The summed E-state index contributed by atoms with van der Waals surface area (Å²) in [4.78, 5) is 27.9. The number of aromatic nitrogens is 3. The molecule has 0 aliphatic rings. The Labute approximate surface area is 193 Å². The van der Waals surface area contributed by atoms with Crippen LogP contribution < -0.4 is 16.4 Å². The van der Waals surface area contributed by atoms with E-state index in [4.69, 9.17) is 5.73 Å². The molecular weight excluding hydrogens is 475 g/mol. The van der Waals surface area contributed by atoms with E-state index in [1.54, 1.807) is 0 Å². The third-order valence-corrected chi connectivity index (χ3v) is 4.94. The highest BCUT2D eigenvalue weighted by Crippen LogP contribution is 2.33. The van der Waals surface area contributed by atoms with Gasteiger partial charge in [0.15, 0.2) is 11.6 Å². The molecule has 0 bridgehead atoms. The summed E-state index contributed by atoms with van der Waals surface area (Å²) in [5.41, 5.74) is 4.52. The largest absolute Gasteiger partial charge is 0.416 e. The van der Waals surface area contributed by atoms with Crippen LogP contribution in [0.25, 0.3) is 16.6 Å². The molecule has 4 aromatic rings. The number of alkyl halides is 3. The number of hydrogen-bond donors (Lipinski definition) is 3. The van der Waals surface area contributed by atoms with Crippen molar-refractivity contribution in [1.82, 2.24) is 14.6 Å². The number of halogens is 5. The molecule has 4 rings (SSSR count). The molecule has 2 aromatic heterocycles. The van der Waals surface area contributed by atoms with Crippen molar-refractivity contribution in [3.8, 4) is 11.1 Å². The quantitative estimate of drug-likeness (QED) is 0.278. The van der Waals surface area contributed by atoms with Gasteiger partial charge in [0.25, 0.3) is 0 Å². The predicted molar refractivity (Wildman–Crippen MR) is 117 cm³/mol. The lowest BCUT2D eigenvalue weighted by Gasteiger charge is -2.12. The fourth-order valence-electron chi connectivity index (χ4n) is 3.34. The molecule has 0 unspecified atom stereocenters. The third kappa shape index (κ3) is 4.60. The molecule has 13 heteroatoms. The Hall–Kier alpha value is -4.55. The van der Waals surface area contributed by atoms with Gasteiger partial charge in [0, 0.05) is 12.5 Å². The van der Waals surface area contributed by atoms with Crippen LogP contribution in [0.3, 0.4) is 0 Å². The Bertz CT molecular complexity index is 1480. The van der Waals surface area contributed by atoms with Gasteiger partial charge in [-0.2, -0.15) is 18.3 Å². The first-order valence-electron chi connectivity index (χ1n) is 9.69. The summed E-state index contributed by atoms with van der Waals surface area (Å²) < 4.78 is 68.4. The molecule has 4 N–H and O–H groups in total. The number of nitrogen functional groups attached to an aromatic ring is 1. The molecule has 1 radical (unpaired) electrons. The van der Waals surface area contributed by atoms with E-state index in [1.807, 2.05) is 5.32 Å². The molecule has 0 spiro atoms. The van der Waals surface area contributed by atoms with Crippen LogP contribution in [0.5, 0.6) is 0 Å². The molecular formula is C22H14F5N6O2. The molecule has 0 aliphatic carbocycles. The Morgan fingerprint density at radius 1 is 0.971 bits per heavy atom. The molecule has 0 atom stereocenters. The van der Waals surface area contributed by atoms with Gasteiger partial charge in [-0.25, -0.2) is 23.1 Å². The Kier molecular flexibility index (Phi) is 5.84. The van der Waals surface area contributed by atoms with Crippen LogP contribution in [0.2, 0.25) is 0 Å². The molecule has 0 saturated carbocycles. The number of carbonyl (C=O) groups excluding carboxylic acids is 2. The number of carbonyl (C=O) groups is 2. The lowest BCUT2D eigenvalue weighted by Crippen LogP contribution is -2.21. The van der Waals surface area contributed by atoms with Gasteiger partial charge >= 0.3 is 12.2 Å². The summed E-state index contributed by atoms with van der Waals surface area (Å²) in [5, 5.41) is 7.98. The highest BCUT2D eigenvalue weighted by molar-refractivity contribution is 6.03. The normalized spacial score (nSPS) is 11.5. The molecule has 2 amide bonds. The van der Waals surface area contributed by atoms with Gasteiger partial charge in [0.2, 0.25) is 0 Å². The number of Topliss-reactive ketones (excluding diaryl/α,β-unsaturated/α-hetero) is 1. The number of benzene rings is 2. The Morgan fingerprint density at radius 2 is 1.69 bits per heavy atom. The Balaban J connectivity index is 1.61. The van der Waals surface area contributed by atoms with Crippen molar-refractivity contribution in [1.29, 1.82) is 0 Å². The lowest BCUT2D eigenvalue weighted by atomic mass is 10.1. The zero-order chi connectivity index (χ0) is 25.5. The second kappa shape index (κ2) is 8.66. The summed E-state index contributed by atoms with van der Waals surface area (Å²) in [7, 11) is 0. The van der Waals surface area contributed by atoms with Crippen LogP contribution in [0.4, 0.5) is 43.9 Å². The van der Waals surface area contributed by atoms with Crippen molar-refractivity contribution >= 4 is 34.5 Å². The second-order valence-electron chi connectivity index (χ2n) is 7.24. The van der Waals surface area contributed by atoms with Gasteiger partial charge in [0.1, 0.15) is 29.2 Å². The van der Waals surface area contributed by atoms with Crippen LogP contribution in [0.15, 0.2) is 48.8 Å². The average molecular weight is 489 g/mol. The minimum Gasteiger partial charge on any atom is -0.382 e. The first kappa shape index (κ1) is 23.6. The second-order valence-corrected chi connectivity index (χ2v) is 7.24. The maximum Gasteiger partial charge on any atom is 0.416 e. The van der Waals surface area contributed by atoms with E-state index in [0.29, 0.717) is 23.8 Å². The first-order valence-corrected chi connectivity index (χ1v) is 9.69. The minimum absolute atomic E-state index is 0.0209. The lowest BCUT2D eigenvalue weighted by molar-refractivity contribution is -0.137. The number of urea groups is 1. The van der Waals surface area contributed by atoms with E-state index >= 15 is 0 Å². The van der Waals surface area contributed by atoms with Crippen LogP contribution in [-0.2, 0) is 6.18 Å². The van der Waals surface area contributed by atoms with Crippen molar-refractivity contribution in [3.05, 3.63) is 78.6 Å². The number of amides is 2. The van der Waals surface area contributed by atoms with Crippen LogP contribution >= 0.6 is 0 Å². The molecule has 0 aliphatic heterocycles. The third-order valence-electron chi connectivity index (χ3n) is 4.94. The van der Waals surface area contributed by atoms with Crippen molar-refractivity contribution in [3.63, 3.8) is 0 Å². The van der Waals surface area contributed by atoms with Crippen molar-refractivity contribution in [2.75, 3.05) is 16.4 Å². The first-order chi connectivity index (χ1) is 16.5. The topological polar surface area (TPSA) is 114 Å². The molecule has 35 heavy (non-hydrogen) atoms. The van der Waals surface area contributed by atoms with Gasteiger partial charge in [-0.1, -0.05) is 6.07 Å². The summed E-state index contributed by atoms with van der Waals surface area (Å²) in [6.07, 6.45) is -3.61. The fourth-order valence-corrected chi connectivity index (χ4v) is 3.34. The van der Waals surface area contributed by atoms with E-state index < -0.39 is 40.9 Å². The van der Waals surface area contributed by atoms with Crippen molar-refractivity contribution in [2.24, 2.45) is 0 Å². The van der Waals surface area contributed by atoms with Gasteiger partial charge in [-0.3, -0.25) is 4.79 Å². The molecule has 0 fully saturated rings. The molecule has 0 saturated heterocycles. The van der Waals surface area contributed by atoms with Gasteiger partial charge in [-0.05, 0) is 42.0 Å². The van der Waals surface area contributed by atoms with Crippen LogP contribution in [-0.4, -0.2) is 26.4 Å². The highest BCUT2D eigenvalue weighted by Gasteiger charge is 2.31. The number of nitrogens with zero attached hydrogens (tertiary/aromatic N) is 3. The predicted octanol–water partition coefficient (Wildman–Crippen LogP) is 4.94. The summed E-state index contributed by atoms with van der Waals surface area (Å²) in [6.45, 7) is 3.34. The van der Waals surface area contributed by atoms with Crippen molar-refractivity contribution in [2.45, 2.75) is 6.18 Å². The zero-order valence-electron chi connectivity index (χ0n) is 17.5. The number of nitrogens with two attached hydrogens (primary N) is 1. The van der Waals surface area contributed by atoms with Crippen molar-refractivity contribution < 1.29 is 31.5 Å². The number of rotatable bonds is 4. The van der Waals surface area contributed by atoms with Crippen LogP contribution in [0, 0.1) is 18.6 Å². The maximum atomic E-state index is 14.8. The molecule has 8 nitrogen and oxygen atoms in total. The van der Waals surface area contributed by atoms with E-state index in [-0.39, 0.29) is 28.3 Å². The van der Waals surface area contributed by atoms with E-state index in [9.17, 15) is 31.5 Å². The number of fused-ring (bicyclic) bond motifs is 1. The smallest absolute Gasteiger partial charge is 0.382 e. The van der Waals surface area contributed by atoms with Gasteiger partial charge in [-0.15, -0.1) is 0 Å². The number of nitrogens with one attached hydrogen (secondary N) is 2. The zero-order valence-corrected chi connectivity index (χ0v) is 17.5. The molecule has 2 heterocycles. The van der Waals surface area contributed by atoms with E-state index in [2.05, 4.69) is 22.3 Å². The number of anilines is 3. The monoisotopic (exact) mass is 489 g/mol. The van der Waals surface area contributed by atoms with Crippen LogP contribution in [0.1, 0.15) is 16.1 Å². The fraction of sp³-hybridized carbons (Fsp3) is 0.0455. The number of hydrogen-bond acceptors (Lipinski definition) is 5. The Morgan fingerprint density at radius 3 is 2.34 bits per heavy atom. The highest BCUT2D eigenvalue weighted by atomic mass is 19.4. The maximum absolute atomic E-state index is 14.8. The van der Waals surface area contributed by atoms with Gasteiger partial charge in [0.05, 0.1) is 16.9 Å². The van der Waals surface area contributed by atoms with Gasteiger partial charge < -0.3 is 16.4 Å². The summed E-state index contributed by atoms with van der Waals surface area (Å²) in [6, 6.07) is 5.31. The van der Waals surface area contributed by atoms with E-state index in [0.717, 1.165) is 12.4 Å². The minimum atomic E-state index is -4.75. The average Bonchev–Trinajstić information content (AvgIpc) is 3.17. The van der Waals surface area contributed by atoms with E-state index in [1.165, 1.54) is 22.7 Å². The standard InChI is InChI=1S/C22H14F5N6O2/c1-10(34)18-8-13(19-20(28)29-9-30-33(18)19)11-2-5-16(15(24)6-11)31-21(35)32-17-7-12(22(25,26)27)3-4-14(17)23/h2-9H,1H2,(H2,28,29,30)(H2,31,32,35).